The second kappa shape index (κ2) is 11.8. The van der Waals surface area contributed by atoms with Crippen LogP contribution in [0.4, 0.5) is 5.69 Å². The van der Waals surface area contributed by atoms with E-state index in [1.54, 1.807) is 81.4 Å². The van der Waals surface area contributed by atoms with Gasteiger partial charge in [0, 0.05) is 32.6 Å². The molecule has 0 fully saturated rings. The second-order valence-corrected chi connectivity index (χ2v) is 12.5. The molecule has 0 saturated carbocycles. The first-order valence-corrected chi connectivity index (χ1v) is 14.4. The number of halogens is 1. The van der Waals surface area contributed by atoms with Crippen molar-refractivity contribution in [2.45, 2.75) is 49.9 Å². The summed E-state index contributed by atoms with van der Waals surface area (Å²) in [6, 6.07) is 25.6. The molecule has 0 aliphatic carbocycles. The van der Waals surface area contributed by atoms with Crippen LogP contribution in [0, 0.1) is 0 Å². The van der Waals surface area contributed by atoms with E-state index in [1.807, 2.05) is 30.3 Å². The van der Waals surface area contributed by atoms with Gasteiger partial charge in [-0.3, -0.25) is 4.79 Å². The summed E-state index contributed by atoms with van der Waals surface area (Å²) < 4.78 is 29.0. The van der Waals surface area contributed by atoms with E-state index in [-0.39, 0.29) is 10.8 Å². The Morgan fingerprint density at radius 2 is 1.51 bits per heavy atom. The Hall–Kier alpha value is -3.43. The summed E-state index contributed by atoms with van der Waals surface area (Å²) in [5, 5.41) is 19.0. The molecule has 0 aromatic heterocycles. The van der Waals surface area contributed by atoms with Crippen molar-refractivity contribution in [1.29, 1.82) is 0 Å². The smallest absolute Gasteiger partial charge is 0.251 e. The van der Waals surface area contributed by atoms with Gasteiger partial charge in [-0.15, -0.1) is 0 Å². The number of fused-ring (bicyclic) bond motifs is 1. The highest BCUT2D eigenvalue weighted by atomic mass is 35.5. The number of amides is 1. The summed E-state index contributed by atoms with van der Waals surface area (Å²) in [5.74, 6) is -0.354. The van der Waals surface area contributed by atoms with Crippen LogP contribution < -0.4 is 15.4 Å². The molecule has 0 aliphatic rings. The molecule has 0 bridgehead atoms. The fraction of sp³-hybridized carbons (Fsp3) is 0.233. The molecule has 0 aliphatic heterocycles. The van der Waals surface area contributed by atoms with Crippen LogP contribution in [0.25, 0.3) is 10.8 Å². The van der Waals surface area contributed by atoms with E-state index in [0.29, 0.717) is 33.5 Å². The molecule has 9 heteroatoms. The zero-order valence-electron chi connectivity index (χ0n) is 22.0. The maximum Gasteiger partial charge on any atom is 0.251 e. The summed E-state index contributed by atoms with van der Waals surface area (Å²) in [4.78, 5) is 13.2. The third kappa shape index (κ3) is 7.36. The van der Waals surface area contributed by atoms with Gasteiger partial charge in [0.2, 0.25) is 10.0 Å². The summed E-state index contributed by atoms with van der Waals surface area (Å²) >= 11 is 5.97. The Kier molecular flexibility index (Phi) is 8.61. The van der Waals surface area contributed by atoms with Crippen LogP contribution in [0.3, 0.4) is 0 Å². The third-order valence-corrected chi connectivity index (χ3v) is 8.09. The van der Waals surface area contributed by atoms with E-state index >= 15 is 0 Å². The van der Waals surface area contributed by atoms with Crippen LogP contribution in [0.5, 0.6) is 0 Å². The fourth-order valence-corrected chi connectivity index (χ4v) is 6.09. The zero-order valence-corrected chi connectivity index (χ0v) is 23.6. The Labute approximate surface area is 234 Å². The summed E-state index contributed by atoms with van der Waals surface area (Å²) in [7, 11) is -3.80. The van der Waals surface area contributed by atoms with Crippen molar-refractivity contribution < 1.29 is 18.3 Å². The number of nitrogens with one attached hydrogen (secondary N) is 3. The predicted molar refractivity (Wildman–Crippen MR) is 157 cm³/mol. The molecule has 4 rings (SSSR count). The van der Waals surface area contributed by atoms with Gasteiger partial charge in [0.15, 0.2) is 0 Å². The van der Waals surface area contributed by atoms with E-state index in [2.05, 4.69) is 15.4 Å². The van der Waals surface area contributed by atoms with Gasteiger partial charge in [0.1, 0.15) is 6.23 Å². The number of hydrogen-bond donors (Lipinski definition) is 4. The van der Waals surface area contributed by atoms with Gasteiger partial charge in [-0.2, -0.15) is 0 Å². The van der Waals surface area contributed by atoms with Gasteiger partial charge >= 0.3 is 0 Å². The molecule has 2 unspecified atom stereocenters. The molecule has 0 heterocycles. The molecule has 204 valence electrons. The molecule has 4 aromatic rings. The minimum Gasteiger partial charge on any atom is -0.372 e. The highest BCUT2D eigenvalue weighted by Gasteiger charge is 2.26. The fourth-order valence-electron chi connectivity index (χ4n) is 4.32. The number of carbonyl (C=O) groups is 1. The highest BCUT2D eigenvalue weighted by Crippen LogP contribution is 2.30. The number of aliphatic hydroxyl groups is 1. The third-order valence-electron chi connectivity index (χ3n) is 6.02. The molecule has 0 radical (unpaired) electrons. The maximum atomic E-state index is 13.1. The molecular formula is C30H32ClN3O4S. The molecule has 4 N–H and O–H groups in total. The highest BCUT2D eigenvalue weighted by molar-refractivity contribution is 7.89. The van der Waals surface area contributed by atoms with Crippen molar-refractivity contribution in [3.8, 4) is 0 Å². The molecule has 4 aromatic carbocycles. The van der Waals surface area contributed by atoms with Gasteiger partial charge in [-0.1, -0.05) is 66.2 Å². The molecular weight excluding hydrogens is 534 g/mol. The van der Waals surface area contributed by atoms with Crippen molar-refractivity contribution in [1.82, 2.24) is 10.0 Å². The number of aliphatic hydroxyl groups excluding tert-OH is 1. The summed E-state index contributed by atoms with van der Waals surface area (Å²) in [6.07, 6.45) is -0.839. The van der Waals surface area contributed by atoms with Gasteiger partial charge < -0.3 is 15.7 Å². The molecule has 2 atom stereocenters. The van der Waals surface area contributed by atoms with Crippen LogP contribution in [0.1, 0.15) is 36.7 Å². The Morgan fingerprint density at radius 1 is 0.872 bits per heavy atom. The van der Waals surface area contributed by atoms with Crippen LogP contribution in [-0.4, -0.2) is 37.2 Å². The van der Waals surface area contributed by atoms with Gasteiger partial charge in [-0.25, -0.2) is 13.1 Å². The average molecular weight is 566 g/mol. The first kappa shape index (κ1) is 28.6. The lowest BCUT2D eigenvalue weighted by Crippen LogP contribution is -2.48. The topological polar surface area (TPSA) is 108 Å². The molecule has 39 heavy (non-hydrogen) atoms. The largest absolute Gasteiger partial charge is 0.372 e. The van der Waals surface area contributed by atoms with Crippen LogP contribution in [-0.2, 0) is 16.4 Å². The minimum atomic E-state index is -3.80. The van der Waals surface area contributed by atoms with Gasteiger partial charge in [0.25, 0.3) is 5.91 Å². The lowest BCUT2D eigenvalue weighted by atomic mass is 10.0. The second-order valence-electron chi connectivity index (χ2n) is 10.4. The monoisotopic (exact) mass is 565 g/mol. The van der Waals surface area contributed by atoms with Crippen molar-refractivity contribution >= 4 is 44.0 Å². The van der Waals surface area contributed by atoms with Gasteiger partial charge in [-0.05, 0) is 69.2 Å². The van der Waals surface area contributed by atoms with E-state index in [0.717, 1.165) is 5.56 Å². The zero-order chi connectivity index (χ0) is 28.2. The number of rotatable bonds is 9. The van der Waals surface area contributed by atoms with Crippen molar-refractivity contribution in [3.05, 3.63) is 107 Å². The number of anilines is 1. The van der Waals surface area contributed by atoms with Crippen LogP contribution >= 0.6 is 11.6 Å². The van der Waals surface area contributed by atoms with E-state index in [9.17, 15) is 18.3 Å². The maximum absolute atomic E-state index is 13.1. The predicted octanol–water partition coefficient (Wildman–Crippen LogP) is 5.34. The number of sulfonamides is 1. The quantitative estimate of drug-likeness (QED) is 0.205. The molecule has 0 spiro atoms. The van der Waals surface area contributed by atoms with Crippen LogP contribution in [0.2, 0.25) is 5.02 Å². The molecule has 0 saturated heterocycles. The van der Waals surface area contributed by atoms with E-state index in [1.165, 1.54) is 0 Å². The number of carbonyl (C=O) groups excluding carboxylic acids is 1. The van der Waals surface area contributed by atoms with Crippen molar-refractivity contribution in [3.63, 3.8) is 0 Å². The van der Waals surface area contributed by atoms with Crippen LogP contribution in [0.15, 0.2) is 95.9 Å². The molecule has 7 nitrogen and oxygen atoms in total. The first-order valence-electron chi connectivity index (χ1n) is 12.5. The number of benzene rings is 4. The van der Waals surface area contributed by atoms with E-state index in [4.69, 9.17) is 11.6 Å². The minimum absolute atomic E-state index is 0.143. The average Bonchev–Trinajstić information content (AvgIpc) is 2.87. The Balaban J connectivity index is 1.65. The van der Waals surface area contributed by atoms with Gasteiger partial charge in [0.05, 0.1) is 10.9 Å². The lowest BCUT2D eigenvalue weighted by molar-refractivity contribution is 0.0868. The Morgan fingerprint density at radius 3 is 2.18 bits per heavy atom. The SMILES string of the molecule is CC(C)(C)NS(=O)(=O)c1cccc2c(NC(O)C(Cc3ccccc3)NC(=O)c3ccc(Cl)cc3)cccc12. The lowest BCUT2D eigenvalue weighted by Gasteiger charge is -2.27. The normalized spacial score (nSPS) is 13.6. The van der Waals surface area contributed by atoms with E-state index < -0.39 is 27.8 Å². The summed E-state index contributed by atoms with van der Waals surface area (Å²) in [5.41, 5.74) is 1.22. The standard InChI is InChI=1S/C30H32ClN3O4S/c1-30(2,3)34-39(37,38)27-14-8-11-23-24(27)12-7-13-25(23)32-29(36)26(19-20-9-5-4-6-10-20)33-28(35)21-15-17-22(31)18-16-21/h4-18,26,29,32,34,36H,19H2,1-3H3,(H,33,35). The number of hydrogen-bond acceptors (Lipinski definition) is 5. The van der Waals surface area contributed by atoms with Crippen molar-refractivity contribution in [2.75, 3.05) is 5.32 Å². The Bertz CT molecular complexity index is 1550. The summed E-state index contributed by atoms with van der Waals surface area (Å²) in [6.45, 7) is 5.35. The first-order chi connectivity index (χ1) is 18.4. The molecule has 1 amide bonds. The van der Waals surface area contributed by atoms with Crippen molar-refractivity contribution in [2.24, 2.45) is 0 Å².